The number of ether oxygens (including phenoxy) is 1. The first-order valence-corrected chi connectivity index (χ1v) is 9.61. The van der Waals surface area contributed by atoms with Crippen LogP contribution in [0, 0.1) is 0 Å². The third-order valence-electron chi connectivity index (χ3n) is 4.71. The third kappa shape index (κ3) is 3.57. The molecule has 134 valence electrons. The lowest BCUT2D eigenvalue weighted by molar-refractivity contribution is 0.312. The van der Waals surface area contributed by atoms with Crippen molar-refractivity contribution in [3.8, 4) is 27.6 Å². The minimum absolute atomic E-state index is 0.857. The number of likely N-dealkylation sites (N-methyl/N-ethyl adjacent to an activating group) is 1. The third-order valence-corrected chi connectivity index (χ3v) is 5.60. The van der Waals surface area contributed by atoms with Gasteiger partial charge in [-0.3, -0.25) is 0 Å². The van der Waals surface area contributed by atoms with Crippen LogP contribution in [0.5, 0.6) is 5.75 Å². The Balaban J connectivity index is 1.56. The fourth-order valence-electron chi connectivity index (χ4n) is 3.06. The summed E-state index contributed by atoms with van der Waals surface area (Å²) in [5.74, 6) is 1.90. The average Bonchev–Trinajstić information content (AvgIpc) is 3.19. The summed E-state index contributed by atoms with van der Waals surface area (Å²) in [5.41, 5.74) is 3.21. The number of anilines is 1. The lowest BCUT2D eigenvalue weighted by Gasteiger charge is -2.33. The maximum atomic E-state index is 5.22. The van der Waals surface area contributed by atoms with E-state index in [2.05, 4.69) is 33.3 Å². The summed E-state index contributed by atoms with van der Waals surface area (Å²) in [6, 6.07) is 12.2. The normalized spacial score (nSPS) is 15.2. The van der Waals surface area contributed by atoms with Gasteiger partial charge in [0.2, 0.25) is 0 Å². The zero-order chi connectivity index (χ0) is 17.9. The van der Waals surface area contributed by atoms with Crippen LogP contribution in [0.1, 0.15) is 0 Å². The van der Waals surface area contributed by atoms with E-state index >= 15 is 0 Å². The van der Waals surface area contributed by atoms with Crippen LogP contribution < -0.4 is 9.64 Å². The van der Waals surface area contributed by atoms with E-state index in [4.69, 9.17) is 9.72 Å². The Labute approximate surface area is 157 Å². The van der Waals surface area contributed by atoms with Crippen molar-refractivity contribution in [3.05, 3.63) is 48.0 Å². The molecule has 26 heavy (non-hydrogen) atoms. The molecule has 3 heterocycles. The van der Waals surface area contributed by atoms with Gasteiger partial charge < -0.3 is 14.5 Å². The van der Waals surface area contributed by atoms with Crippen molar-refractivity contribution in [2.75, 3.05) is 45.2 Å². The molecule has 0 radical (unpaired) electrons. The molecule has 1 fully saturated rings. The molecule has 1 saturated heterocycles. The van der Waals surface area contributed by atoms with Crippen LogP contribution in [0.4, 0.5) is 5.82 Å². The van der Waals surface area contributed by atoms with Crippen molar-refractivity contribution in [3.63, 3.8) is 0 Å². The van der Waals surface area contributed by atoms with Gasteiger partial charge in [-0.25, -0.2) is 9.97 Å². The lowest BCUT2D eigenvalue weighted by Crippen LogP contribution is -2.44. The number of methoxy groups -OCH3 is 1. The molecule has 0 N–H and O–H groups in total. The highest BCUT2D eigenvalue weighted by molar-refractivity contribution is 7.13. The highest BCUT2D eigenvalue weighted by Crippen LogP contribution is 2.31. The minimum Gasteiger partial charge on any atom is -0.497 e. The Morgan fingerprint density at radius 3 is 2.50 bits per heavy atom. The largest absolute Gasteiger partial charge is 0.497 e. The number of piperazine rings is 1. The van der Waals surface area contributed by atoms with Crippen molar-refractivity contribution in [1.29, 1.82) is 0 Å². The summed E-state index contributed by atoms with van der Waals surface area (Å²) >= 11 is 1.67. The minimum atomic E-state index is 0.857. The maximum absolute atomic E-state index is 5.22. The Hall–Kier alpha value is -2.44. The van der Waals surface area contributed by atoms with Crippen LogP contribution in [0.2, 0.25) is 0 Å². The number of thiazole rings is 1. The molecular weight excluding hydrogens is 344 g/mol. The average molecular weight is 366 g/mol. The molecule has 1 aliphatic heterocycles. The summed E-state index contributed by atoms with van der Waals surface area (Å²) < 4.78 is 5.22. The number of benzene rings is 1. The molecule has 0 atom stereocenters. The summed E-state index contributed by atoms with van der Waals surface area (Å²) in [6.07, 6.45) is 1.89. The number of hydrogen-bond acceptors (Lipinski definition) is 6. The molecule has 0 aliphatic carbocycles. The Kier molecular flexibility index (Phi) is 4.86. The smallest absolute Gasteiger partial charge is 0.129 e. The number of aromatic nitrogens is 2. The number of rotatable bonds is 4. The zero-order valence-corrected chi connectivity index (χ0v) is 15.9. The number of pyridine rings is 1. The monoisotopic (exact) mass is 366 g/mol. The first-order chi connectivity index (χ1) is 12.7. The molecule has 1 aliphatic rings. The van der Waals surface area contributed by atoms with E-state index in [9.17, 15) is 0 Å². The summed E-state index contributed by atoms with van der Waals surface area (Å²) in [7, 11) is 3.84. The van der Waals surface area contributed by atoms with Gasteiger partial charge in [-0.15, -0.1) is 11.3 Å². The van der Waals surface area contributed by atoms with E-state index in [0.717, 1.165) is 59.6 Å². The maximum Gasteiger partial charge on any atom is 0.129 e. The van der Waals surface area contributed by atoms with Crippen molar-refractivity contribution in [1.82, 2.24) is 14.9 Å². The van der Waals surface area contributed by atoms with Crippen LogP contribution in [-0.4, -0.2) is 55.2 Å². The molecule has 6 heteroatoms. The van der Waals surface area contributed by atoms with Crippen molar-refractivity contribution in [2.45, 2.75) is 0 Å². The molecule has 0 spiro atoms. The van der Waals surface area contributed by atoms with Crippen molar-refractivity contribution < 1.29 is 4.74 Å². The number of nitrogens with zero attached hydrogens (tertiary/aromatic N) is 4. The van der Waals surface area contributed by atoms with E-state index in [-0.39, 0.29) is 0 Å². The molecule has 0 bridgehead atoms. The van der Waals surface area contributed by atoms with Gasteiger partial charge in [0.15, 0.2) is 0 Å². The molecule has 3 aromatic rings. The lowest BCUT2D eigenvalue weighted by atomic mass is 10.1. The predicted molar refractivity (Wildman–Crippen MR) is 107 cm³/mol. The quantitative estimate of drug-likeness (QED) is 0.705. The van der Waals surface area contributed by atoms with Gasteiger partial charge in [-0.1, -0.05) is 0 Å². The first-order valence-electron chi connectivity index (χ1n) is 8.73. The standard InChI is InChI=1S/C20H22N4OS/c1-23-9-11-24(12-10-23)19-13-16(7-8-21-19)20-22-18(14-26-20)15-3-5-17(25-2)6-4-15/h3-8,13-14H,9-12H2,1-2H3. The zero-order valence-electron chi connectivity index (χ0n) is 15.1. The molecule has 5 nitrogen and oxygen atoms in total. The predicted octanol–water partition coefficient (Wildman–Crippen LogP) is 3.63. The van der Waals surface area contributed by atoms with Gasteiger partial charge in [0.25, 0.3) is 0 Å². The van der Waals surface area contributed by atoms with Crippen LogP contribution in [0.25, 0.3) is 21.8 Å². The topological polar surface area (TPSA) is 41.5 Å². The Morgan fingerprint density at radius 1 is 1.00 bits per heavy atom. The van der Waals surface area contributed by atoms with Gasteiger partial charge >= 0.3 is 0 Å². The van der Waals surface area contributed by atoms with Crippen molar-refractivity contribution >= 4 is 17.2 Å². The highest BCUT2D eigenvalue weighted by Gasteiger charge is 2.16. The second-order valence-corrected chi connectivity index (χ2v) is 7.32. The molecule has 0 amide bonds. The Morgan fingerprint density at radius 2 is 1.77 bits per heavy atom. The molecule has 4 rings (SSSR count). The van der Waals surface area contributed by atoms with Crippen LogP contribution in [-0.2, 0) is 0 Å². The second-order valence-electron chi connectivity index (χ2n) is 6.46. The van der Waals surface area contributed by atoms with E-state index in [0.29, 0.717) is 0 Å². The van der Waals surface area contributed by atoms with E-state index in [1.54, 1.807) is 18.4 Å². The highest BCUT2D eigenvalue weighted by atomic mass is 32.1. The van der Waals surface area contributed by atoms with Gasteiger partial charge in [-0.2, -0.15) is 0 Å². The van der Waals surface area contributed by atoms with E-state index in [1.165, 1.54) is 0 Å². The summed E-state index contributed by atoms with van der Waals surface area (Å²) in [6.45, 7) is 4.18. The van der Waals surface area contributed by atoms with Gasteiger partial charge in [0.1, 0.15) is 16.6 Å². The van der Waals surface area contributed by atoms with Crippen molar-refractivity contribution in [2.24, 2.45) is 0 Å². The molecule has 1 aromatic carbocycles. The van der Waals surface area contributed by atoms with Gasteiger partial charge in [0.05, 0.1) is 12.8 Å². The SMILES string of the molecule is COc1ccc(-c2csc(-c3ccnc(N4CCN(C)CC4)c3)n2)cc1. The fourth-order valence-corrected chi connectivity index (χ4v) is 3.89. The van der Waals surface area contributed by atoms with Crippen LogP contribution >= 0.6 is 11.3 Å². The van der Waals surface area contributed by atoms with Crippen LogP contribution in [0.15, 0.2) is 48.0 Å². The summed E-state index contributed by atoms with van der Waals surface area (Å²) in [4.78, 5) is 14.1. The van der Waals surface area contributed by atoms with Gasteiger partial charge in [0, 0.05) is 48.9 Å². The Bertz CT molecular complexity index is 870. The summed E-state index contributed by atoms with van der Waals surface area (Å²) in [5, 5.41) is 3.13. The van der Waals surface area contributed by atoms with E-state index < -0.39 is 0 Å². The fraction of sp³-hybridized carbons (Fsp3) is 0.300. The van der Waals surface area contributed by atoms with Gasteiger partial charge in [-0.05, 0) is 43.4 Å². The van der Waals surface area contributed by atoms with E-state index in [1.807, 2.05) is 36.5 Å². The van der Waals surface area contributed by atoms with Crippen LogP contribution in [0.3, 0.4) is 0 Å². The molecular formula is C20H22N4OS. The molecule has 0 saturated carbocycles. The molecule has 0 unspecified atom stereocenters. The first kappa shape index (κ1) is 17.0. The number of hydrogen-bond donors (Lipinski definition) is 0. The molecule has 2 aromatic heterocycles. The second kappa shape index (κ2) is 7.43.